The van der Waals surface area contributed by atoms with E-state index in [-0.39, 0.29) is 37.4 Å². The molecule has 9 nitrogen and oxygen atoms in total. The molecular formula is C23H30FN3O6. The highest BCUT2D eigenvalue weighted by atomic mass is 19.1. The van der Waals surface area contributed by atoms with Gasteiger partial charge in [-0.05, 0) is 50.1 Å². The van der Waals surface area contributed by atoms with Gasteiger partial charge in [0.15, 0.2) is 11.5 Å². The number of hydroxylamine groups is 1. The van der Waals surface area contributed by atoms with Gasteiger partial charge in [0, 0.05) is 29.8 Å². The van der Waals surface area contributed by atoms with Crippen molar-refractivity contribution in [1.82, 2.24) is 5.48 Å². The van der Waals surface area contributed by atoms with Gasteiger partial charge in [0.25, 0.3) is 0 Å². The first-order valence-electron chi connectivity index (χ1n) is 10.6. The minimum atomic E-state index is -0.515. The first-order chi connectivity index (χ1) is 15.9. The zero-order chi connectivity index (χ0) is 24.2. The fraction of sp³-hybridized carbons (Fsp3) is 0.391. The highest BCUT2D eigenvalue weighted by Gasteiger charge is 2.20. The Morgan fingerprint density at radius 2 is 1.85 bits per heavy atom. The van der Waals surface area contributed by atoms with E-state index in [0.717, 1.165) is 0 Å². The maximum absolute atomic E-state index is 15.1. The molecule has 2 aromatic carbocycles. The standard InChI is InChI=1S/C23H30FN3O6/c1-3-31-21-13-18(19(24)14-22(21)33-12-10-28)20(5-4-11-32-15(2)29)26-17-8-6-16(7-9-17)23(25)27-30/h6-9,13-14,20,26,28,30H,3-5,10-12H2,1-2H3,(H2,25,27)/t20-/m0/s1. The van der Waals surface area contributed by atoms with Gasteiger partial charge in [-0.3, -0.25) is 20.9 Å². The Hall–Kier alpha value is -3.37. The normalized spacial score (nSPS) is 11.4. The molecule has 0 aliphatic rings. The third-order valence-corrected chi connectivity index (χ3v) is 4.66. The molecule has 10 heteroatoms. The number of benzene rings is 2. The fourth-order valence-electron chi connectivity index (χ4n) is 3.16. The molecule has 0 aromatic heterocycles. The van der Waals surface area contributed by atoms with E-state index in [1.807, 2.05) is 0 Å². The smallest absolute Gasteiger partial charge is 0.302 e. The maximum Gasteiger partial charge on any atom is 0.302 e. The van der Waals surface area contributed by atoms with E-state index in [4.69, 9.17) is 29.9 Å². The molecule has 0 heterocycles. The van der Waals surface area contributed by atoms with Crippen molar-refractivity contribution in [3.05, 3.63) is 53.3 Å². The van der Waals surface area contributed by atoms with Gasteiger partial charge in [-0.2, -0.15) is 0 Å². The summed E-state index contributed by atoms with van der Waals surface area (Å²) in [4.78, 5) is 11.1. The van der Waals surface area contributed by atoms with Crippen molar-refractivity contribution in [2.75, 3.05) is 31.7 Å². The summed E-state index contributed by atoms with van der Waals surface area (Å²) in [6.07, 6.45) is 0.933. The fourth-order valence-corrected chi connectivity index (χ4v) is 3.16. The molecule has 2 aromatic rings. The molecule has 180 valence electrons. The second kappa shape index (κ2) is 13.2. The Morgan fingerprint density at radius 1 is 1.15 bits per heavy atom. The third kappa shape index (κ3) is 7.92. The average Bonchev–Trinajstić information content (AvgIpc) is 2.81. The lowest BCUT2D eigenvalue weighted by Gasteiger charge is -2.23. The lowest BCUT2D eigenvalue weighted by atomic mass is 10.00. The molecule has 0 bridgehead atoms. The number of nitrogens with one attached hydrogen (secondary N) is 3. The topological polar surface area (TPSA) is 133 Å². The van der Waals surface area contributed by atoms with E-state index >= 15 is 4.39 Å². The molecule has 33 heavy (non-hydrogen) atoms. The van der Waals surface area contributed by atoms with Crippen molar-refractivity contribution in [3.8, 4) is 11.5 Å². The number of amidine groups is 1. The van der Waals surface area contributed by atoms with Crippen LogP contribution in [-0.2, 0) is 9.53 Å². The van der Waals surface area contributed by atoms with E-state index in [0.29, 0.717) is 42.0 Å². The molecule has 0 saturated heterocycles. The van der Waals surface area contributed by atoms with Crippen molar-refractivity contribution in [2.24, 2.45) is 0 Å². The van der Waals surface area contributed by atoms with Crippen molar-refractivity contribution in [2.45, 2.75) is 32.7 Å². The number of esters is 1. The molecule has 2 rings (SSSR count). The van der Waals surface area contributed by atoms with E-state index in [2.05, 4.69) is 5.32 Å². The molecule has 0 spiro atoms. The highest BCUT2D eigenvalue weighted by molar-refractivity contribution is 5.95. The van der Waals surface area contributed by atoms with Crippen molar-refractivity contribution < 1.29 is 33.7 Å². The quantitative estimate of drug-likeness (QED) is 0.100. The zero-order valence-corrected chi connectivity index (χ0v) is 18.7. The van der Waals surface area contributed by atoms with Gasteiger partial charge in [-0.15, -0.1) is 0 Å². The lowest BCUT2D eigenvalue weighted by molar-refractivity contribution is -0.141. The highest BCUT2D eigenvalue weighted by Crippen LogP contribution is 2.35. The van der Waals surface area contributed by atoms with Gasteiger partial charge in [0.1, 0.15) is 18.3 Å². The SMILES string of the molecule is CCOc1cc([C@H](CCCOC(C)=O)Nc2ccc(C(=N)NO)cc2)c(F)cc1OCCO. The molecule has 0 fully saturated rings. The van der Waals surface area contributed by atoms with Crippen LogP contribution in [-0.4, -0.2) is 48.5 Å². The number of aliphatic hydroxyl groups excluding tert-OH is 1. The Balaban J connectivity index is 2.32. The third-order valence-electron chi connectivity index (χ3n) is 4.66. The largest absolute Gasteiger partial charge is 0.490 e. The van der Waals surface area contributed by atoms with Crippen LogP contribution in [0.4, 0.5) is 10.1 Å². The lowest BCUT2D eigenvalue weighted by Crippen LogP contribution is -2.18. The summed E-state index contributed by atoms with van der Waals surface area (Å²) in [6.45, 7) is 3.46. The minimum absolute atomic E-state index is 0.00692. The zero-order valence-electron chi connectivity index (χ0n) is 18.7. The molecule has 0 radical (unpaired) electrons. The summed E-state index contributed by atoms with van der Waals surface area (Å²) in [5.74, 6) is -0.494. The Morgan fingerprint density at radius 3 is 2.45 bits per heavy atom. The second-order valence-electron chi connectivity index (χ2n) is 7.07. The number of carbonyl (C=O) groups excluding carboxylic acids is 1. The summed E-state index contributed by atoms with van der Waals surface area (Å²) in [5, 5.41) is 28.8. The van der Waals surface area contributed by atoms with Gasteiger partial charge in [0.05, 0.1) is 25.9 Å². The number of ether oxygens (including phenoxy) is 3. The van der Waals surface area contributed by atoms with Crippen LogP contribution in [0.1, 0.15) is 43.9 Å². The van der Waals surface area contributed by atoms with Gasteiger partial charge in [0.2, 0.25) is 0 Å². The van der Waals surface area contributed by atoms with Crippen LogP contribution in [0.3, 0.4) is 0 Å². The van der Waals surface area contributed by atoms with Gasteiger partial charge < -0.3 is 24.6 Å². The van der Waals surface area contributed by atoms with Crippen LogP contribution in [0, 0.1) is 11.2 Å². The molecular weight excluding hydrogens is 433 g/mol. The first-order valence-corrected chi connectivity index (χ1v) is 10.6. The second-order valence-corrected chi connectivity index (χ2v) is 7.07. The predicted molar refractivity (Wildman–Crippen MR) is 121 cm³/mol. The molecule has 0 amide bonds. The van der Waals surface area contributed by atoms with E-state index in [9.17, 15) is 4.79 Å². The number of hydrogen-bond donors (Lipinski definition) is 5. The van der Waals surface area contributed by atoms with Crippen LogP contribution < -0.4 is 20.3 Å². The van der Waals surface area contributed by atoms with Crippen LogP contribution in [0.5, 0.6) is 11.5 Å². The van der Waals surface area contributed by atoms with Gasteiger partial charge in [-0.1, -0.05) is 0 Å². The minimum Gasteiger partial charge on any atom is -0.490 e. The summed E-state index contributed by atoms with van der Waals surface area (Å²) >= 11 is 0. The summed E-state index contributed by atoms with van der Waals surface area (Å²) in [7, 11) is 0. The summed E-state index contributed by atoms with van der Waals surface area (Å²) in [6, 6.07) is 8.99. The molecule has 0 unspecified atom stereocenters. The van der Waals surface area contributed by atoms with Crippen LogP contribution in [0.25, 0.3) is 0 Å². The van der Waals surface area contributed by atoms with Crippen molar-refractivity contribution in [1.29, 1.82) is 5.41 Å². The summed E-state index contributed by atoms with van der Waals surface area (Å²) < 4.78 is 31.1. The monoisotopic (exact) mass is 463 g/mol. The molecule has 5 N–H and O–H groups in total. The average molecular weight is 464 g/mol. The first kappa shape index (κ1) is 25.9. The Bertz CT molecular complexity index is 923. The van der Waals surface area contributed by atoms with Crippen LogP contribution in [0.15, 0.2) is 36.4 Å². The summed E-state index contributed by atoms with van der Waals surface area (Å²) in [5.41, 5.74) is 3.27. The maximum atomic E-state index is 15.1. The van der Waals surface area contributed by atoms with Crippen molar-refractivity contribution >= 4 is 17.5 Å². The number of carbonyl (C=O) groups is 1. The Labute approximate surface area is 191 Å². The number of hydrogen-bond acceptors (Lipinski definition) is 8. The molecule has 0 aliphatic heterocycles. The molecule has 1 atom stereocenters. The predicted octanol–water partition coefficient (Wildman–Crippen LogP) is 3.40. The number of aliphatic hydroxyl groups is 1. The van der Waals surface area contributed by atoms with Crippen LogP contribution in [0.2, 0.25) is 0 Å². The van der Waals surface area contributed by atoms with Crippen LogP contribution >= 0.6 is 0 Å². The number of anilines is 1. The molecule has 0 aliphatic carbocycles. The molecule has 0 saturated carbocycles. The number of rotatable bonds is 13. The van der Waals surface area contributed by atoms with E-state index in [1.54, 1.807) is 42.7 Å². The van der Waals surface area contributed by atoms with Gasteiger partial charge in [-0.25, -0.2) is 4.39 Å². The van der Waals surface area contributed by atoms with E-state index < -0.39 is 11.9 Å². The van der Waals surface area contributed by atoms with Gasteiger partial charge >= 0.3 is 5.97 Å². The number of halogens is 1. The Kier molecular flexibility index (Phi) is 10.4. The van der Waals surface area contributed by atoms with E-state index in [1.165, 1.54) is 13.0 Å². The van der Waals surface area contributed by atoms with Crippen molar-refractivity contribution in [3.63, 3.8) is 0 Å².